The Hall–Kier alpha value is -1.72. The van der Waals surface area contributed by atoms with Crippen molar-refractivity contribution in [2.45, 2.75) is 25.7 Å². The van der Waals surface area contributed by atoms with Crippen LogP contribution in [0.3, 0.4) is 0 Å². The maximum absolute atomic E-state index is 12.4. The molecule has 0 saturated heterocycles. The van der Waals surface area contributed by atoms with Gasteiger partial charge in [0.15, 0.2) is 0 Å². The van der Waals surface area contributed by atoms with E-state index in [1.54, 1.807) is 44.2 Å². The third-order valence-electron chi connectivity index (χ3n) is 3.25. The van der Waals surface area contributed by atoms with Gasteiger partial charge in [-0.25, -0.2) is 8.42 Å². The van der Waals surface area contributed by atoms with Gasteiger partial charge in [0.1, 0.15) is 5.75 Å². The lowest BCUT2D eigenvalue weighted by atomic mass is 10.1. The predicted molar refractivity (Wildman–Crippen MR) is 84.6 cm³/mol. The smallest absolute Gasteiger partial charge is 0.261 e. The Balaban J connectivity index is 2.44. The van der Waals surface area contributed by atoms with Crippen LogP contribution in [0.2, 0.25) is 5.02 Å². The Labute approximate surface area is 129 Å². The molecular weight excluding hydrogens is 310 g/mol. The first-order valence-corrected chi connectivity index (χ1v) is 8.16. The molecule has 0 aliphatic rings. The van der Waals surface area contributed by atoms with Crippen molar-refractivity contribution in [2.75, 3.05) is 4.72 Å². The van der Waals surface area contributed by atoms with Gasteiger partial charge in [0.05, 0.1) is 15.6 Å². The van der Waals surface area contributed by atoms with E-state index in [9.17, 15) is 13.5 Å². The van der Waals surface area contributed by atoms with Gasteiger partial charge >= 0.3 is 0 Å². The molecule has 0 aliphatic heterocycles. The van der Waals surface area contributed by atoms with Crippen molar-refractivity contribution >= 4 is 27.3 Å². The van der Waals surface area contributed by atoms with Crippen LogP contribution in [0.25, 0.3) is 0 Å². The first-order chi connectivity index (χ1) is 9.72. The van der Waals surface area contributed by atoms with Crippen LogP contribution in [-0.2, 0) is 10.0 Å². The quantitative estimate of drug-likeness (QED) is 0.844. The number of aromatic hydroxyl groups is 1. The molecule has 2 N–H and O–H groups in total. The molecule has 0 amide bonds. The SMILES string of the molecule is Cc1ccc(S(=O)(=O)Nc2cc(C)c(O)c(Cl)c2C)cc1. The molecule has 0 aromatic heterocycles. The van der Waals surface area contributed by atoms with Crippen molar-refractivity contribution < 1.29 is 13.5 Å². The Morgan fingerprint density at radius 1 is 1.10 bits per heavy atom. The second-order valence-electron chi connectivity index (χ2n) is 4.95. The van der Waals surface area contributed by atoms with E-state index in [4.69, 9.17) is 11.6 Å². The lowest BCUT2D eigenvalue weighted by Gasteiger charge is -2.14. The number of nitrogens with one attached hydrogen (secondary N) is 1. The van der Waals surface area contributed by atoms with Gasteiger partial charge in [0, 0.05) is 0 Å². The molecule has 4 nitrogen and oxygen atoms in total. The summed E-state index contributed by atoms with van der Waals surface area (Å²) in [6, 6.07) is 8.11. The van der Waals surface area contributed by atoms with E-state index in [1.165, 1.54) is 0 Å². The van der Waals surface area contributed by atoms with Crippen LogP contribution in [0.5, 0.6) is 5.75 Å². The number of rotatable bonds is 3. The highest BCUT2D eigenvalue weighted by Gasteiger charge is 2.18. The summed E-state index contributed by atoms with van der Waals surface area (Å²) in [6.45, 7) is 5.19. The fraction of sp³-hybridized carbons (Fsp3) is 0.200. The van der Waals surface area contributed by atoms with Crippen LogP contribution in [0, 0.1) is 20.8 Å². The third kappa shape index (κ3) is 3.14. The lowest BCUT2D eigenvalue weighted by molar-refractivity contribution is 0.471. The number of hydrogen-bond acceptors (Lipinski definition) is 3. The summed E-state index contributed by atoms with van der Waals surface area (Å²) < 4.78 is 27.2. The van der Waals surface area contributed by atoms with Gasteiger partial charge in [0.2, 0.25) is 0 Å². The molecule has 0 saturated carbocycles. The third-order valence-corrected chi connectivity index (χ3v) is 5.10. The minimum Gasteiger partial charge on any atom is -0.506 e. The summed E-state index contributed by atoms with van der Waals surface area (Å²) in [5, 5.41) is 9.90. The molecule has 0 spiro atoms. The molecular formula is C15H16ClNO3S. The number of sulfonamides is 1. The second kappa shape index (κ2) is 5.58. The summed E-state index contributed by atoms with van der Waals surface area (Å²) in [4.78, 5) is 0.175. The fourth-order valence-electron chi connectivity index (χ4n) is 1.89. The van der Waals surface area contributed by atoms with Gasteiger partial charge in [-0.15, -0.1) is 0 Å². The minimum absolute atomic E-state index is 0.0348. The monoisotopic (exact) mass is 325 g/mol. The van der Waals surface area contributed by atoms with Crippen molar-refractivity contribution in [2.24, 2.45) is 0 Å². The van der Waals surface area contributed by atoms with E-state index in [-0.39, 0.29) is 15.7 Å². The Morgan fingerprint density at radius 2 is 1.67 bits per heavy atom. The van der Waals surface area contributed by atoms with E-state index in [1.807, 2.05) is 6.92 Å². The van der Waals surface area contributed by atoms with Crippen LogP contribution in [0.4, 0.5) is 5.69 Å². The normalized spacial score (nSPS) is 11.4. The fourth-order valence-corrected chi connectivity index (χ4v) is 3.25. The zero-order valence-corrected chi connectivity index (χ0v) is 13.5. The van der Waals surface area contributed by atoms with Crippen LogP contribution in [-0.4, -0.2) is 13.5 Å². The number of hydrogen-bond donors (Lipinski definition) is 2. The van der Waals surface area contributed by atoms with Crippen LogP contribution < -0.4 is 4.72 Å². The van der Waals surface area contributed by atoms with Gasteiger partial charge in [-0.3, -0.25) is 4.72 Å². The first kappa shape index (κ1) is 15.7. The zero-order valence-electron chi connectivity index (χ0n) is 11.9. The van der Waals surface area contributed by atoms with E-state index in [0.717, 1.165) is 5.56 Å². The largest absolute Gasteiger partial charge is 0.506 e. The highest BCUT2D eigenvalue weighted by atomic mass is 35.5. The summed E-state index contributed by atoms with van der Waals surface area (Å²) in [7, 11) is -3.69. The molecule has 0 fully saturated rings. The molecule has 112 valence electrons. The van der Waals surface area contributed by atoms with E-state index >= 15 is 0 Å². The highest BCUT2D eigenvalue weighted by Crippen LogP contribution is 2.36. The molecule has 0 bridgehead atoms. The Morgan fingerprint density at radius 3 is 2.24 bits per heavy atom. The molecule has 2 aromatic rings. The molecule has 0 heterocycles. The topological polar surface area (TPSA) is 66.4 Å². The first-order valence-electron chi connectivity index (χ1n) is 6.30. The highest BCUT2D eigenvalue weighted by molar-refractivity contribution is 7.92. The Bertz CT molecular complexity index is 784. The van der Waals surface area contributed by atoms with Crippen molar-refractivity contribution in [3.63, 3.8) is 0 Å². The maximum Gasteiger partial charge on any atom is 0.261 e. The molecule has 2 aromatic carbocycles. The van der Waals surface area contributed by atoms with Crippen molar-refractivity contribution in [1.29, 1.82) is 0 Å². The Kier molecular flexibility index (Phi) is 4.16. The average Bonchev–Trinajstić information content (AvgIpc) is 2.42. The van der Waals surface area contributed by atoms with Gasteiger partial charge < -0.3 is 5.11 Å². The predicted octanol–water partition coefficient (Wildman–Crippen LogP) is 3.77. The molecule has 0 aliphatic carbocycles. The number of phenolic OH excluding ortho intramolecular Hbond substituents is 1. The molecule has 6 heteroatoms. The molecule has 0 unspecified atom stereocenters. The van der Waals surface area contributed by atoms with Gasteiger partial charge in [-0.05, 0) is 50.1 Å². The zero-order chi connectivity index (χ0) is 15.8. The van der Waals surface area contributed by atoms with Gasteiger partial charge in [-0.1, -0.05) is 29.3 Å². The molecule has 0 atom stereocenters. The van der Waals surface area contributed by atoms with Crippen LogP contribution >= 0.6 is 11.6 Å². The average molecular weight is 326 g/mol. The van der Waals surface area contributed by atoms with Gasteiger partial charge in [0.25, 0.3) is 10.0 Å². The van der Waals surface area contributed by atoms with Gasteiger partial charge in [-0.2, -0.15) is 0 Å². The van der Waals surface area contributed by atoms with Crippen molar-refractivity contribution in [3.8, 4) is 5.75 Å². The second-order valence-corrected chi connectivity index (χ2v) is 7.01. The summed E-state index contributed by atoms with van der Waals surface area (Å²) in [5.74, 6) is -0.0348. The number of anilines is 1. The minimum atomic E-state index is -3.69. The standard InChI is InChI=1S/C15H16ClNO3S/c1-9-4-6-12(7-5-9)21(19,20)17-13-8-10(2)15(18)14(16)11(13)3/h4-8,17-18H,1-3H3. The summed E-state index contributed by atoms with van der Waals surface area (Å²) in [5.41, 5.74) is 2.33. The van der Waals surface area contributed by atoms with Crippen LogP contribution in [0.15, 0.2) is 35.2 Å². The van der Waals surface area contributed by atoms with Crippen molar-refractivity contribution in [1.82, 2.24) is 0 Å². The summed E-state index contributed by atoms with van der Waals surface area (Å²) >= 11 is 6.00. The molecule has 2 rings (SSSR count). The number of aryl methyl sites for hydroxylation is 2. The maximum atomic E-state index is 12.4. The lowest BCUT2D eigenvalue weighted by Crippen LogP contribution is -2.14. The molecule has 21 heavy (non-hydrogen) atoms. The summed E-state index contributed by atoms with van der Waals surface area (Å²) in [6.07, 6.45) is 0. The molecule has 0 radical (unpaired) electrons. The number of benzene rings is 2. The van der Waals surface area contributed by atoms with E-state index in [2.05, 4.69) is 4.72 Å². The van der Waals surface area contributed by atoms with E-state index in [0.29, 0.717) is 16.8 Å². The van der Waals surface area contributed by atoms with E-state index < -0.39 is 10.0 Å². The van der Waals surface area contributed by atoms with Crippen LogP contribution in [0.1, 0.15) is 16.7 Å². The number of halogens is 1. The van der Waals surface area contributed by atoms with Crippen molar-refractivity contribution in [3.05, 3.63) is 52.0 Å². The number of phenols is 1.